The van der Waals surface area contributed by atoms with Crippen LogP contribution in [0.1, 0.15) is 31.0 Å². The van der Waals surface area contributed by atoms with Crippen LogP contribution in [-0.2, 0) is 4.79 Å². The van der Waals surface area contributed by atoms with Crippen molar-refractivity contribution in [2.45, 2.75) is 37.2 Å². The molecule has 3 heterocycles. The van der Waals surface area contributed by atoms with Crippen molar-refractivity contribution in [1.82, 2.24) is 15.6 Å². The van der Waals surface area contributed by atoms with E-state index in [4.69, 9.17) is 0 Å². The molecule has 0 bridgehead atoms. The van der Waals surface area contributed by atoms with Crippen LogP contribution in [0.15, 0.2) is 42.6 Å². The average molecular weight is 414 g/mol. The van der Waals surface area contributed by atoms with E-state index in [2.05, 4.69) is 20.4 Å². The molecule has 150 valence electrons. The largest absolute Gasteiger partial charge is 0.573 e. The number of aromatic nitrogens is 1. The molecule has 1 aromatic heterocycles. The van der Waals surface area contributed by atoms with E-state index in [0.29, 0.717) is 12.1 Å². The first-order valence-corrected chi connectivity index (χ1v) is 8.73. The Morgan fingerprint density at radius 3 is 2.64 bits per heavy atom. The molecule has 2 atom stereocenters. The molecular weight excluding hydrogens is 395 g/mol. The number of carbonyl (C=O) groups is 1. The number of nitrogens with one attached hydrogen (secondary N) is 2. The number of nitrogens with zero attached hydrogens (tertiary/aromatic N) is 1. The minimum absolute atomic E-state index is 0. The Labute approximate surface area is 166 Å². The van der Waals surface area contributed by atoms with Gasteiger partial charge in [0, 0.05) is 12.7 Å². The lowest BCUT2D eigenvalue weighted by Crippen LogP contribution is -2.47. The zero-order chi connectivity index (χ0) is 19.1. The highest BCUT2D eigenvalue weighted by Crippen LogP contribution is 2.37. The van der Waals surface area contributed by atoms with Crippen LogP contribution in [0, 0.1) is 0 Å². The van der Waals surface area contributed by atoms with Crippen molar-refractivity contribution in [1.29, 1.82) is 0 Å². The van der Waals surface area contributed by atoms with Crippen LogP contribution in [0.4, 0.5) is 13.2 Å². The number of rotatable bonds is 3. The second-order valence-electron chi connectivity index (χ2n) is 6.87. The molecule has 9 heteroatoms. The lowest BCUT2D eigenvalue weighted by Gasteiger charge is -2.21. The summed E-state index contributed by atoms with van der Waals surface area (Å²) in [5.41, 5.74) is 1.59. The van der Waals surface area contributed by atoms with Crippen LogP contribution in [0.2, 0.25) is 0 Å². The van der Waals surface area contributed by atoms with E-state index < -0.39 is 11.9 Å². The first kappa shape index (κ1) is 20.4. The Kier molecular flexibility index (Phi) is 5.54. The van der Waals surface area contributed by atoms with Gasteiger partial charge in [0.2, 0.25) is 5.91 Å². The molecule has 28 heavy (non-hydrogen) atoms. The van der Waals surface area contributed by atoms with Crippen LogP contribution in [0.25, 0.3) is 11.1 Å². The number of amides is 1. The molecule has 0 saturated carbocycles. The predicted molar refractivity (Wildman–Crippen MR) is 99.1 cm³/mol. The number of carbonyl (C=O) groups excluding carboxylic acids is 1. The second kappa shape index (κ2) is 7.60. The SMILES string of the molecule is Cl.O=C1NCC[C@@]12CC[C@@H](c1cc(-c3cccc(OC(F)(F)F)c3)ccn1)N2. The summed E-state index contributed by atoms with van der Waals surface area (Å²) in [7, 11) is 0. The molecule has 4 rings (SSSR count). The summed E-state index contributed by atoms with van der Waals surface area (Å²) < 4.78 is 41.3. The Morgan fingerprint density at radius 2 is 1.93 bits per heavy atom. The number of halogens is 4. The van der Waals surface area contributed by atoms with Crippen LogP contribution >= 0.6 is 12.4 Å². The number of hydrogen-bond donors (Lipinski definition) is 2. The van der Waals surface area contributed by atoms with Gasteiger partial charge in [-0.2, -0.15) is 0 Å². The van der Waals surface area contributed by atoms with Crippen molar-refractivity contribution < 1.29 is 22.7 Å². The summed E-state index contributed by atoms with van der Waals surface area (Å²) in [4.78, 5) is 16.5. The van der Waals surface area contributed by atoms with Crippen molar-refractivity contribution >= 4 is 18.3 Å². The Balaban J connectivity index is 0.00000225. The maximum Gasteiger partial charge on any atom is 0.573 e. The number of hydrogen-bond acceptors (Lipinski definition) is 4. The van der Waals surface area contributed by atoms with Gasteiger partial charge < -0.3 is 10.1 Å². The van der Waals surface area contributed by atoms with Crippen molar-refractivity contribution in [2.24, 2.45) is 0 Å². The third-order valence-corrected chi connectivity index (χ3v) is 5.12. The van der Waals surface area contributed by atoms with E-state index in [-0.39, 0.29) is 30.1 Å². The van der Waals surface area contributed by atoms with Gasteiger partial charge in [0.05, 0.1) is 11.7 Å². The van der Waals surface area contributed by atoms with Crippen LogP contribution < -0.4 is 15.4 Å². The number of alkyl halides is 3. The van der Waals surface area contributed by atoms with Gasteiger partial charge in [-0.3, -0.25) is 15.1 Å². The first-order valence-electron chi connectivity index (χ1n) is 8.73. The van der Waals surface area contributed by atoms with Gasteiger partial charge >= 0.3 is 6.36 Å². The van der Waals surface area contributed by atoms with E-state index in [1.54, 1.807) is 18.3 Å². The molecule has 2 fully saturated rings. The van der Waals surface area contributed by atoms with Crippen LogP contribution in [-0.4, -0.2) is 29.3 Å². The Morgan fingerprint density at radius 1 is 1.14 bits per heavy atom. The fourth-order valence-electron chi connectivity index (χ4n) is 3.83. The monoisotopic (exact) mass is 413 g/mol. The number of ether oxygens (including phenoxy) is 1. The second-order valence-corrected chi connectivity index (χ2v) is 6.87. The lowest BCUT2D eigenvalue weighted by atomic mass is 9.96. The fraction of sp³-hybridized carbons (Fsp3) is 0.368. The maximum absolute atomic E-state index is 12.4. The zero-order valence-corrected chi connectivity index (χ0v) is 15.6. The van der Waals surface area contributed by atoms with E-state index >= 15 is 0 Å². The lowest BCUT2D eigenvalue weighted by molar-refractivity contribution is -0.274. The topological polar surface area (TPSA) is 63.2 Å². The molecule has 2 aromatic rings. The van der Waals surface area contributed by atoms with E-state index in [1.165, 1.54) is 18.2 Å². The molecule has 0 radical (unpaired) electrons. The van der Waals surface area contributed by atoms with Gasteiger partial charge in [-0.15, -0.1) is 25.6 Å². The first-order chi connectivity index (χ1) is 12.8. The highest BCUT2D eigenvalue weighted by atomic mass is 35.5. The zero-order valence-electron chi connectivity index (χ0n) is 14.8. The van der Waals surface area contributed by atoms with Crippen molar-refractivity contribution in [3.05, 3.63) is 48.3 Å². The predicted octanol–water partition coefficient (Wildman–Crippen LogP) is 3.75. The van der Waals surface area contributed by atoms with E-state index in [9.17, 15) is 18.0 Å². The van der Waals surface area contributed by atoms with Gasteiger partial charge in [-0.05, 0) is 54.7 Å². The minimum Gasteiger partial charge on any atom is -0.406 e. The van der Waals surface area contributed by atoms with Crippen LogP contribution in [0.3, 0.4) is 0 Å². The van der Waals surface area contributed by atoms with Gasteiger partial charge in [0.25, 0.3) is 0 Å². The van der Waals surface area contributed by atoms with E-state index in [1.807, 2.05) is 6.07 Å². The molecule has 5 nitrogen and oxygen atoms in total. The minimum atomic E-state index is -4.73. The van der Waals surface area contributed by atoms with Gasteiger partial charge in [-0.1, -0.05) is 12.1 Å². The molecule has 1 aromatic carbocycles. The standard InChI is InChI=1S/C19H18F3N3O2.ClH/c20-19(21,22)27-14-3-1-2-12(10-14)13-5-8-23-16(11-13)15-4-6-18(25-15)7-9-24-17(18)26;/h1-3,5,8,10-11,15,25H,4,6-7,9H2,(H,24,26);1H/t15-,18-;/m0./s1. The summed E-state index contributed by atoms with van der Waals surface area (Å²) >= 11 is 0. The van der Waals surface area contributed by atoms with Crippen molar-refractivity contribution in [3.8, 4) is 16.9 Å². The number of pyridine rings is 1. The van der Waals surface area contributed by atoms with Gasteiger partial charge in [-0.25, -0.2) is 0 Å². The molecule has 1 amide bonds. The quantitative estimate of drug-likeness (QED) is 0.804. The van der Waals surface area contributed by atoms with Crippen LogP contribution in [0.5, 0.6) is 5.75 Å². The fourth-order valence-corrected chi connectivity index (χ4v) is 3.83. The van der Waals surface area contributed by atoms with Crippen molar-refractivity contribution in [3.63, 3.8) is 0 Å². The van der Waals surface area contributed by atoms with Gasteiger partial charge in [0.1, 0.15) is 11.3 Å². The summed E-state index contributed by atoms with van der Waals surface area (Å²) in [5, 5.41) is 6.26. The third-order valence-electron chi connectivity index (χ3n) is 5.12. The molecule has 2 saturated heterocycles. The van der Waals surface area contributed by atoms with E-state index in [0.717, 1.165) is 30.5 Å². The normalized spacial score (nSPS) is 24.1. The molecule has 0 aliphatic carbocycles. The molecule has 0 unspecified atom stereocenters. The molecular formula is C19H19ClF3N3O2. The summed E-state index contributed by atoms with van der Waals surface area (Å²) in [6.07, 6.45) is -0.834. The third kappa shape index (κ3) is 4.07. The smallest absolute Gasteiger partial charge is 0.406 e. The number of benzene rings is 1. The highest BCUT2D eigenvalue weighted by molar-refractivity contribution is 5.88. The summed E-state index contributed by atoms with van der Waals surface area (Å²) in [6.45, 7) is 0.665. The molecule has 2 aliphatic rings. The highest BCUT2D eigenvalue weighted by Gasteiger charge is 2.48. The molecule has 2 N–H and O–H groups in total. The summed E-state index contributed by atoms with van der Waals surface area (Å²) in [5.74, 6) is -0.239. The Hall–Kier alpha value is -2.32. The van der Waals surface area contributed by atoms with Gasteiger partial charge in [0.15, 0.2) is 0 Å². The summed E-state index contributed by atoms with van der Waals surface area (Å²) in [6, 6.07) is 9.36. The van der Waals surface area contributed by atoms with Crippen molar-refractivity contribution in [2.75, 3.05) is 6.54 Å². The average Bonchev–Trinajstić information content (AvgIpc) is 3.21. The maximum atomic E-state index is 12.4. The molecule has 2 aliphatic heterocycles. The Bertz CT molecular complexity index is 877. The molecule has 1 spiro atoms.